The third kappa shape index (κ3) is 3.07. The van der Waals surface area contributed by atoms with Crippen LogP contribution in [0.5, 0.6) is 5.75 Å². The summed E-state index contributed by atoms with van der Waals surface area (Å²) in [5.74, 6) is 0.951. The highest BCUT2D eigenvalue weighted by Crippen LogP contribution is 2.27. The van der Waals surface area contributed by atoms with Crippen LogP contribution in [0.15, 0.2) is 61.3 Å². The first kappa shape index (κ1) is 16.7. The number of fused-ring (bicyclic) bond motifs is 1. The summed E-state index contributed by atoms with van der Waals surface area (Å²) in [6, 6.07) is 12.2. The highest BCUT2D eigenvalue weighted by molar-refractivity contribution is 9.10. The van der Waals surface area contributed by atoms with Gasteiger partial charge in [0.25, 0.3) is 10.0 Å². The Kier molecular flexibility index (Phi) is 4.42. The summed E-state index contributed by atoms with van der Waals surface area (Å²) < 4.78 is 34.2. The molecule has 0 unspecified atom stereocenters. The summed E-state index contributed by atoms with van der Waals surface area (Å²) in [6.07, 6.45) is 1.60. The molecule has 0 saturated heterocycles. The Morgan fingerprint density at radius 3 is 2.75 bits per heavy atom. The molecule has 1 aliphatic heterocycles. The topological polar surface area (TPSA) is 71.3 Å². The van der Waals surface area contributed by atoms with Crippen LogP contribution >= 0.6 is 15.9 Å². The van der Waals surface area contributed by atoms with E-state index < -0.39 is 10.0 Å². The van der Waals surface area contributed by atoms with E-state index in [2.05, 4.69) is 25.4 Å². The summed E-state index contributed by atoms with van der Waals surface area (Å²) >= 11 is 3.40. The van der Waals surface area contributed by atoms with E-state index in [1.165, 1.54) is 11.1 Å². The number of sulfonamides is 1. The summed E-state index contributed by atoms with van der Waals surface area (Å²) in [5.41, 5.74) is 1.30. The van der Waals surface area contributed by atoms with Crippen molar-refractivity contribution in [1.29, 1.82) is 0 Å². The second-order valence-electron chi connectivity index (χ2n) is 5.04. The fourth-order valence-electron chi connectivity index (χ4n) is 2.33. The van der Waals surface area contributed by atoms with Crippen LogP contribution in [0.4, 0.5) is 0 Å². The van der Waals surface area contributed by atoms with Gasteiger partial charge in [0, 0.05) is 22.6 Å². The third-order valence-corrected chi connectivity index (χ3v) is 5.30. The Hall–Kier alpha value is -2.19. The lowest BCUT2D eigenvalue weighted by atomic mass is 10.2. The average Bonchev–Trinajstić information content (AvgIpc) is 2.85. The summed E-state index contributed by atoms with van der Waals surface area (Å²) in [4.78, 5) is 0.196. The predicted molar refractivity (Wildman–Crippen MR) is 96.2 cm³/mol. The summed E-state index contributed by atoms with van der Waals surface area (Å²) in [7, 11) is -0.434. The average molecular weight is 408 g/mol. The van der Waals surface area contributed by atoms with E-state index in [4.69, 9.17) is 4.74 Å². The lowest BCUT2D eigenvalue weighted by molar-refractivity contribution is 0.414. The summed E-state index contributed by atoms with van der Waals surface area (Å²) in [6.45, 7) is 0. The van der Waals surface area contributed by atoms with Gasteiger partial charge in [-0.15, -0.1) is 4.40 Å². The second-order valence-corrected chi connectivity index (χ2v) is 7.53. The molecule has 6 nitrogen and oxygen atoms in total. The SMILES string of the molecule is COc1ccc(Br)cc1C=NN(C)C1=NS(=O)(=O)c2ccccc21. The molecule has 0 spiro atoms. The molecule has 1 heterocycles. The quantitative estimate of drug-likeness (QED) is 0.579. The second kappa shape index (κ2) is 6.37. The molecule has 124 valence electrons. The van der Waals surface area contributed by atoms with Crippen LogP contribution in [0.3, 0.4) is 0 Å². The Morgan fingerprint density at radius 2 is 2.00 bits per heavy atom. The van der Waals surface area contributed by atoms with Crippen molar-refractivity contribution in [3.05, 3.63) is 58.1 Å². The van der Waals surface area contributed by atoms with Gasteiger partial charge in [-0.2, -0.15) is 13.5 Å². The van der Waals surface area contributed by atoms with Gasteiger partial charge < -0.3 is 4.74 Å². The van der Waals surface area contributed by atoms with Gasteiger partial charge in [-0.25, -0.2) is 5.01 Å². The van der Waals surface area contributed by atoms with Crippen molar-refractivity contribution in [2.45, 2.75) is 4.90 Å². The van der Waals surface area contributed by atoms with Crippen LogP contribution in [0.2, 0.25) is 0 Å². The van der Waals surface area contributed by atoms with Crippen LogP contribution in [-0.2, 0) is 10.0 Å². The Bertz CT molecular complexity index is 955. The highest BCUT2D eigenvalue weighted by Gasteiger charge is 2.30. The van der Waals surface area contributed by atoms with Gasteiger partial charge in [0.05, 0.1) is 13.3 Å². The van der Waals surface area contributed by atoms with Crippen molar-refractivity contribution in [2.24, 2.45) is 9.50 Å². The van der Waals surface area contributed by atoms with Crippen molar-refractivity contribution in [1.82, 2.24) is 5.01 Å². The van der Waals surface area contributed by atoms with E-state index in [9.17, 15) is 8.42 Å². The molecule has 0 aliphatic carbocycles. The monoisotopic (exact) mass is 407 g/mol. The first-order chi connectivity index (χ1) is 11.4. The van der Waals surface area contributed by atoms with Crippen molar-refractivity contribution in [3.63, 3.8) is 0 Å². The fraction of sp³-hybridized carbons (Fsp3) is 0.125. The zero-order valence-electron chi connectivity index (χ0n) is 13.0. The Balaban J connectivity index is 1.94. The van der Waals surface area contributed by atoms with Crippen molar-refractivity contribution in [2.75, 3.05) is 14.2 Å². The minimum Gasteiger partial charge on any atom is -0.496 e. The van der Waals surface area contributed by atoms with Crippen molar-refractivity contribution >= 4 is 38.0 Å². The minimum absolute atomic E-state index is 0.196. The lowest BCUT2D eigenvalue weighted by Gasteiger charge is -2.13. The molecule has 2 aromatic carbocycles. The van der Waals surface area contributed by atoms with Crippen molar-refractivity contribution < 1.29 is 13.2 Å². The largest absolute Gasteiger partial charge is 0.496 e. The normalized spacial score (nSPS) is 15.2. The van der Waals surface area contributed by atoms with E-state index in [-0.39, 0.29) is 10.7 Å². The number of hydrogen-bond acceptors (Lipinski definition) is 5. The van der Waals surface area contributed by atoms with E-state index >= 15 is 0 Å². The Morgan fingerprint density at radius 1 is 1.25 bits per heavy atom. The molecule has 1 aliphatic rings. The molecule has 0 radical (unpaired) electrons. The number of amidine groups is 1. The minimum atomic E-state index is -3.66. The maximum absolute atomic E-state index is 12.1. The molecule has 8 heteroatoms. The van der Waals surface area contributed by atoms with Crippen LogP contribution in [-0.4, -0.2) is 39.6 Å². The molecule has 0 atom stereocenters. The van der Waals surface area contributed by atoms with E-state index in [1.807, 2.05) is 18.2 Å². The third-order valence-electron chi connectivity index (χ3n) is 3.48. The molecule has 3 rings (SSSR count). The number of nitrogens with zero attached hydrogens (tertiary/aromatic N) is 3. The van der Waals surface area contributed by atoms with Gasteiger partial charge in [0.15, 0.2) is 5.84 Å². The molecule has 0 amide bonds. The van der Waals surface area contributed by atoms with Crippen LogP contribution in [0.1, 0.15) is 11.1 Å². The zero-order chi connectivity index (χ0) is 17.3. The number of benzene rings is 2. The molecule has 0 N–H and O–H groups in total. The van der Waals surface area contributed by atoms with Gasteiger partial charge in [0.2, 0.25) is 0 Å². The van der Waals surface area contributed by atoms with Gasteiger partial charge in [0.1, 0.15) is 10.6 Å². The molecule has 0 aromatic heterocycles. The number of halogens is 1. The van der Waals surface area contributed by atoms with E-state index in [0.717, 1.165) is 10.0 Å². The number of methoxy groups -OCH3 is 1. The number of ether oxygens (including phenoxy) is 1. The van der Waals surface area contributed by atoms with Gasteiger partial charge in [-0.3, -0.25) is 0 Å². The fourth-order valence-corrected chi connectivity index (χ4v) is 3.94. The molecule has 0 saturated carbocycles. The van der Waals surface area contributed by atoms with Gasteiger partial charge >= 0.3 is 0 Å². The number of hydrazone groups is 1. The Labute approximate surface area is 148 Å². The zero-order valence-corrected chi connectivity index (χ0v) is 15.4. The van der Waals surface area contributed by atoms with Crippen LogP contribution in [0, 0.1) is 0 Å². The van der Waals surface area contributed by atoms with Gasteiger partial charge in [-0.05, 0) is 30.3 Å². The first-order valence-corrected chi connectivity index (χ1v) is 9.21. The first-order valence-electron chi connectivity index (χ1n) is 6.98. The van der Waals surface area contributed by atoms with Crippen LogP contribution in [0.25, 0.3) is 0 Å². The molecule has 0 fully saturated rings. The van der Waals surface area contributed by atoms with Crippen LogP contribution < -0.4 is 4.74 Å². The number of rotatable bonds is 3. The molecule has 0 bridgehead atoms. The van der Waals surface area contributed by atoms with E-state index in [1.54, 1.807) is 38.6 Å². The standard InChI is InChI=1S/C16H14BrN3O3S/c1-20(18-10-11-9-12(17)7-8-14(11)23-2)16-13-5-3-4-6-15(13)24(21,22)19-16/h3-10H,1-2H3. The molecule has 2 aromatic rings. The number of hydrogen-bond donors (Lipinski definition) is 0. The van der Waals surface area contributed by atoms with Gasteiger partial charge in [-0.1, -0.05) is 28.1 Å². The molecular formula is C16H14BrN3O3S. The maximum atomic E-state index is 12.1. The maximum Gasteiger partial charge on any atom is 0.285 e. The highest BCUT2D eigenvalue weighted by atomic mass is 79.9. The molecule has 24 heavy (non-hydrogen) atoms. The summed E-state index contributed by atoms with van der Waals surface area (Å²) in [5, 5.41) is 5.74. The molecular weight excluding hydrogens is 394 g/mol. The predicted octanol–water partition coefficient (Wildman–Crippen LogP) is 2.87. The smallest absolute Gasteiger partial charge is 0.285 e. The van der Waals surface area contributed by atoms with E-state index in [0.29, 0.717) is 11.3 Å². The lowest BCUT2D eigenvalue weighted by Crippen LogP contribution is -2.21. The van der Waals surface area contributed by atoms with Crippen molar-refractivity contribution in [3.8, 4) is 5.75 Å².